The molecule has 0 saturated carbocycles. The Morgan fingerprint density at radius 3 is 2.53 bits per heavy atom. The van der Waals surface area contributed by atoms with Crippen LogP contribution in [0, 0.1) is 18.8 Å². The maximum atomic E-state index is 5.98. The Balaban J connectivity index is 0.000000840. The van der Waals surface area contributed by atoms with Crippen molar-refractivity contribution >= 4 is 11.5 Å². The first kappa shape index (κ1) is 27.5. The number of aryl methyl sites for hydroxylation is 1. The number of nitrogens with one attached hydrogen (secondary N) is 3. The van der Waals surface area contributed by atoms with Crippen molar-refractivity contribution in [3.05, 3.63) is 77.4 Å². The summed E-state index contributed by atoms with van der Waals surface area (Å²) in [5, 5.41) is 10.3. The highest BCUT2D eigenvalue weighted by Crippen LogP contribution is 2.20. The first-order valence-corrected chi connectivity index (χ1v) is 13.2. The Kier molecular flexibility index (Phi) is 11.0. The minimum Gasteiger partial charge on any atom is -0.493 e. The summed E-state index contributed by atoms with van der Waals surface area (Å²) in [6.45, 7) is 14.2. The summed E-state index contributed by atoms with van der Waals surface area (Å²) in [6.07, 6.45) is 13.6. The number of benzene rings is 1. The molecule has 36 heavy (non-hydrogen) atoms. The summed E-state index contributed by atoms with van der Waals surface area (Å²) < 4.78 is 5.98. The fourth-order valence-corrected chi connectivity index (χ4v) is 3.77. The predicted molar refractivity (Wildman–Crippen MR) is 151 cm³/mol. The standard InChI is InChI=1S/C26H33N5O.C4H10/c1-19-4-3-5-23(7-6-19)30-26-20(2)16-29-25(31-26)17-28-22-8-10-24(11-9-22)32-18-21-12-14-27-15-13-21;1-4(2)3/h3-6,8-11,16,21,27-28H,7,12-15,17-18H2,1-2H3,(H,29,30,31);4H,1-3H3. The van der Waals surface area contributed by atoms with Gasteiger partial charge in [0.2, 0.25) is 0 Å². The lowest BCUT2D eigenvalue weighted by Gasteiger charge is -2.22. The summed E-state index contributed by atoms with van der Waals surface area (Å²) in [5.41, 5.74) is 4.44. The van der Waals surface area contributed by atoms with Gasteiger partial charge < -0.3 is 20.7 Å². The highest BCUT2D eigenvalue weighted by molar-refractivity contribution is 5.50. The van der Waals surface area contributed by atoms with Crippen molar-refractivity contribution in [2.45, 2.75) is 60.4 Å². The molecule has 0 amide bonds. The van der Waals surface area contributed by atoms with Crippen LogP contribution in [0.4, 0.5) is 11.5 Å². The smallest absolute Gasteiger partial charge is 0.149 e. The van der Waals surface area contributed by atoms with Crippen LogP contribution in [0.1, 0.15) is 58.3 Å². The average Bonchev–Trinajstić information content (AvgIpc) is 3.08. The zero-order chi connectivity index (χ0) is 25.8. The largest absolute Gasteiger partial charge is 0.493 e. The Morgan fingerprint density at radius 1 is 1.08 bits per heavy atom. The third kappa shape index (κ3) is 9.86. The molecule has 1 aromatic carbocycles. The molecule has 3 N–H and O–H groups in total. The number of ether oxygens (including phenoxy) is 1. The van der Waals surface area contributed by atoms with E-state index in [4.69, 9.17) is 9.72 Å². The second kappa shape index (κ2) is 14.4. The monoisotopic (exact) mass is 489 g/mol. The van der Waals surface area contributed by atoms with Crippen molar-refractivity contribution in [2.24, 2.45) is 11.8 Å². The molecule has 2 aliphatic rings. The van der Waals surface area contributed by atoms with Crippen molar-refractivity contribution in [3.63, 3.8) is 0 Å². The van der Waals surface area contributed by atoms with Gasteiger partial charge in [-0.1, -0.05) is 44.6 Å². The van der Waals surface area contributed by atoms with Crippen LogP contribution in [-0.2, 0) is 6.54 Å². The van der Waals surface area contributed by atoms with Gasteiger partial charge in [-0.2, -0.15) is 0 Å². The molecular weight excluding hydrogens is 446 g/mol. The Hall–Kier alpha value is -3.12. The van der Waals surface area contributed by atoms with Crippen molar-refractivity contribution in [1.82, 2.24) is 15.3 Å². The van der Waals surface area contributed by atoms with E-state index in [2.05, 4.69) is 72.9 Å². The number of rotatable bonds is 8. The van der Waals surface area contributed by atoms with E-state index in [1.807, 2.05) is 37.4 Å². The zero-order valence-electron chi connectivity index (χ0n) is 22.6. The summed E-state index contributed by atoms with van der Waals surface area (Å²) >= 11 is 0. The van der Waals surface area contributed by atoms with Crippen LogP contribution in [0.5, 0.6) is 5.75 Å². The van der Waals surface area contributed by atoms with Crippen LogP contribution >= 0.6 is 0 Å². The van der Waals surface area contributed by atoms with Crippen LogP contribution in [-0.4, -0.2) is 29.7 Å². The van der Waals surface area contributed by atoms with Gasteiger partial charge in [0.05, 0.1) is 13.2 Å². The summed E-state index contributed by atoms with van der Waals surface area (Å²) in [4.78, 5) is 9.22. The number of piperidine rings is 1. The van der Waals surface area contributed by atoms with Gasteiger partial charge in [-0.3, -0.25) is 0 Å². The molecule has 2 aromatic rings. The van der Waals surface area contributed by atoms with Gasteiger partial charge in [-0.25, -0.2) is 9.97 Å². The lowest BCUT2D eigenvalue weighted by molar-refractivity contribution is 0.215. The minimum atomic E-state index is 0.558. The van der Waals surface area contributed by atoms with Crippen LogP contribution in [0.2, 0.25) is 0 Å². The molecule has 1 fully saturated rings. The molecular formula is C30H43N5O. The van der Waals surface area contributed by atoms with Crippen LogP contribution in [0.15, 0.2) is 66.0 Å². The van der Waals surface area contributed by atoms with Crippen LogP contribution < -0.4 is 20.7 Å². The Morgan fingerprint density at radius 2 is 1.81 bits per heavy atom. The third-order valence-electron chi connectivity index (χ3n) is 5.85. The van der Waals surface area contributed by atoms with E-state index < -0.39 is 0 Å². The van der Waals surface area contributed by atoms with Crippen molar-refractivity contribution < 1.29 is 4.74 Å². The maximum Gasteiger partial charge on any atom is 0.149 e. The van der Waals surface area contributed by atoms with Gasteiger partial charge in [0.1, 0.15) is 17.4 Å². The Bertz CT molecular complexity index is 1030. The third-order valence-corrected chi connectivity index (χ3v) is 5.85. The second-order valence-corrected chi connectivity index (χ2v) is 10.3. The number of anilines is 2. The number of allylic oxidation sites excluding steroid dienone is 5. The van der Waals surface area contributed by atoms with Crippen molar-refractivity contribution in [3.8, 4) is 5.75 Å². The van der Waals surface area contributed by atoms with E-state index in [0.29, 0.717) is 12.5 Å². The maximum absolute atomic E-state index is 5.98. The molecule has 2 heterocycles. The second-order valence-electron chi connectivity index (χ2n) is 10.3. The predicted octanol–water partition coefficient (Wildman–Crippen LogP) is 6.64. The Labute approximate surface area is 217 Å². The lowest BCUT2D eigenvalue weighted by Crippen LogP contribution is -2.30. The first-order chi connectivity index (χ1) is 17.4. The molecule has 1 aliphatic carbocycles. The van der Waals surface area contributed by atoms with E-state index in [0.717, 1.165) is 66.4 Å². The number of aromatic nitrogens is 2. The molecule has 0 unspecified atom stereocenters. The molecule has 0 spiro atoms. The topological polar surface area (TPSA) is 71.1 Å². The molecule has 4 rings (SSSR count). The van der Waals surface area contributed by atoms with E-state index >= 15 is 0 Å². The molecule has 1 aromatic heterocycles. The fourth-order valence-electron chi connectivity index (χ4n) is 3.77. The first-order valence-electron chi connectivity index (χ1n) is 13.2. The highest BCUT2D eigenvalue weighted by atomic mass is 16.5. The van der Waals surface area contributed by atoms with Gasteiger partial charge in [0.25, 0.3) is 0 Å². The molecule has 0 atom stereocenters. The quantitative estimate of drug-likeness (QED) is 0.386. The minimum absolute atomic E-state index is 0.558. The number of nitrogens with zero attached hydrogens (tertiary/aromatic N) is 2. The van der Waals surface area contributed by atoms with Crippen molar-refractivity contribution in [1.29, 1.82) is 0 Å². The van der Waals surface area contributed by atoms with E-state index in [9.17, 15) is 0 Å². The van der Waals surface area contributed by atoms with Gasteiger partial charge in [0, 0.05) is 29.6 Å². The lowest BCUT2D eigenvalue weighted by atomic mass is 9.99. The summed E-state index contributed by atoms with van der Waals surface area (Å²) in [5.74, 6) is 4.01. The van der Waals surface area contributed by atoms with Crippen LogP contribution in [0.3, 0.4) is 0 Å². The SMILES string of the molecule is CC(C)C.CC1=CCC(Nc2nc(CNc3ccc(OCC4CCNCC4)cc3)ncc2C)=CC=C1. The van der Waals surface area contributed by atoms with Crippen molar-refractivity contribution in [2.75, 3.05) is 30.3 Å². The molecule has 6 nitrogen and oxygen atoms in total. The zero-order valence-corrected chi connectivity index (χ0v) is 22.6. The molecule has 1 aliphatic heterocycles. The van der Waals surface area contributed by atoms with E-state index in [1.165, 1.54) is 18.4 Å². The van der Waals surface area contributed by atoms with Gasteiger partial charge in [-0.15, -0.1) is 0 Å². The van der Waals surface area contributed by atoms with Crippen LogP contribution in [0.25, 0.3) is 0 Å². The van der Waals surface area contributed by atoms with Gasteiger partial charge in [-0.05, 0) is 82.0 Å². The van der Waals surface area contributed by atoms with Gasteiger partial charge >= 0.3 is 0 Å². The molecule has 194 valence electrons. The average molecular weight is 490 g/mol. The molecule has 0 bridgehead atoms. The van der Waals surface area contributed by atoms with Gasteiger partial charge in [0.15, 0.2) is 0 Å². The highest BCUT2D eigenvalue weighted by Gasteiger charge is 2.13. The summed E-state index contributed by atoms with van der Waals surface area (Å²) in [6, 6.07) is 8.13. The number of hydrogen-bond acceptors (Lipinski definition) is 6. The summed E-state index contributed by atoms with van der Waals surface area (Å²) in [7, 11) is 0. The van der Waals surface area contributed by atoms with E-state index in [1.54, 1.807) is 0 Å². The molecule has 6 heteroatoms. The van der Waals surface area contributed by atoms with E-state index in [-0.39, 0.29) is 0 Å². The normalized spacial score (nSPS) is 15.8. The fraction of sp³-hybridized carbons (Fsp3) is 0.467. The molecule has 0 radical (unpaired) electrons. The molecule has 1 saturated heterocycles. The number of hydrogen-bond donors (Lipinski definition) is 3.